The number of hydrogen-bond donors (Lipinski definition) is 1. The third-order valence-corrected chi connectivity index (χ3v) is 4.90. The van der Waals surface area contributed by atoms with Gasteiger partial charge in [-0.05, 0) is 43.7 Å². The van der Waals surface area contributed by atoms with Crippen LogP contribution in [0.4, 0.5) is 0 Å². The number of nitrogens with zero attached hydrogens (tertiary/aromatic N) is 2. The van der Waals surface area contributed by atoms with Crippen LogP contribution in [0.2, 0.25) is 0 Å². The molecule has 0 aliphatic carbocycles. The summed E-state index contributed by atoms with van der Waals surface area (Å²) in [6, 6.07) is 13.8. The lowest BCUT2D eigenvalue weighted by molar-refractivity contribution is -0.148. The highest BCUT2D eigenvalue weighted by atomic mass is 16.5. The van der Waals surface area contributed by atoms with Crippen LogP contribution in [0.15, 0.2) is 59.5 Å². The average Bonchev–Trinajstić information content (AvgIpc) is 2.78. The van der Waals surface area contributed by atoms with E-state index in [1.165, 1.54) is 6.20 Å². The minimum Gasteiger partial charge on any atom is -0.497 e. The van der Waals surface area contributed by atoms with E-state index in [-0.39, 0.29) is 30.3 Å². The molecule has 2 aromatic carbocycles. The number of hydrogen-bond acceptors (Lipinski definition) is 6. The first kappa shape index (κ1) is 23.0. The zero-order chi connectivity index (χ0) is 23.1. The highest BCUT2D eigenvalue weighted by Crippen LogP contribution is 2.21. The molecule has 8 nitrogen and oxygen atoms in total. The molecule has 32 heavy (non-hydrogen) atoms. The number of amides is 1. The molecule has 0 saturated heterocycles. The molecule has 0 fully saturated rings. The van der Waals surface area contributed by atoms with E-state index >= 15 is 0 Å². The first-order chi connectivity index (χ1) is 15.4. The van der Waals surface area contributed by atoms with Crippen LogP contribution in [-0.2, 0) is 20.9 Å². The Morgan fingerprint density at radius 1 is 1.09 bits per heavy atom. The van der Waals surface area contributed by atoms with Gasteiger partial charge in [-0.25, -0.2) is 0 Å². The maximum absolute atomic E-state index is 12.7. The number of benzene rings is 2. The van der Waals surface area contributed by atoms with E-state index in [1.807, 2.05) is 18.2 Å². The maximum Gasteiger partial charge on any atom is 0.308 e. The van der Waals surface area contributed by atoms with Gasteiger partial charge in [0.1, 0.15) is 5.75 Å². The molecule has 3 rings (SSSR count). The predicted octanol–water partition coefficient (Wildman–Crippen LogP) is 2.99. The van der Waals surface area contributed by atoms with Crippen molar-refractivity contribution in [3.8, 4) is 5.75 Å². The van der Waals surface area contributed by atoms with Crippen molar-refractivity contribution in [1.82, 2.24) is 15.1 Å². The summed E-state index contributed by atoms with van der Waals surface area (Å²) in [7, 11) is 1.57. The Bertz CT molecular complexity index is 1140. The number of carbonyl (C=O) groups excluding carboxylic acids is 2. The van der Waals surface area contributed by atoms with Crippen LogP contribution >= 0.6 is 0 Å². The molecule has 0 saturated carbocycles. The molecule has 3 aromatic rings. The zero-order valence-corrected chi connectivity index (χ0v) is 18.4. The number of fused-ring (bicyclic) bond motifs is 1. The molecule has 1 heterocycles. The van der Waals surface area contributed by atoms with Gasteiger partial charge in [0.05, 0.1) is 43.9 Å². The molecule has 8 heteroatoms. The molecule has 1 aromatic heterocycles. The quantitative estimate of drug-likeness (QED) is 0.517. The molecule has 1 atom stereocenters. The van der Waals surface area contributed by atoms with Crippen LogP contribution < -0.4 is 15.5 Å². The Hall–Kier alpha value is -3.68. The van der Waals surface area contributed by atoms with E-state index in [1.54, 1.807) is 56.0 Å². The monoisotopic (exact) mass is 437 g/mol. The van der Waals surface area contributed by atoms with Gasteiger partial charge >= 0.3 is 5.97 Å². The summed E-state index contributed by atoms with van der Waals surface area (Å²) in [6.07, 6.45) is 1.15. The zero-order valence-electron chi connectivity index (χ0n) is 18.4. The number of carbonyl (C=O) groups is 2. The summed E-state index contributed by atoms with van der Waals surface area (Å²) in [6.45, 7) is 3.85. The van der Waals surface area contributed by atoms with Crippen LogP contribution in [0.25, 0.3) is 10.9 Å². The number of aryl methyl sites for hydroxylation is 1. The van der Waals surface area contributed by atoms with Crippen LogP contribution in [0, 0.1) is 0 Å². The Morgan fingerprint density at radius 3 is 2.50 bits per heavy atom. The fourth-order valence-electron chi connectivity index (χ4n) is 3.38. The second kappa shape index (κ2) is 10.6. The molecule has 0 radical (unpaired) electrons. The normalized spacial score (nSPS) is 11.9. The summed E-state index contributed by atoms with van der Waals surface area (Å²) >= 11 is 0. The summed E-state index contributed by atoms with van der Waals surface area (Å²) < 4.78 is 12.1. The van der Waals surface area contributed by atoms with Crippen molar-refractivity contribution in [2.45, 2.75) is 45.4 Å². The second-order valence-electron chi connectivity index (χ2n) is 7.64. The third-order valence-electron chi connectivity index (χ3n) is 4.90. The van der Waals surface area contributed by atoms with Crippen molar-refractivity contribution >= 4 is 22.8 Å². The van der Waals surface area contributed by atoms with E-state index in [0.717, 1.165) is 5.56 Å². The minimum absolute atomic E-state index is 0.00938. The van der Waals surface area contributed by atoms with Crippen LogP contribution in [0.3, 0.4) is 0 Å². The summed E-state index contributed by atoms with van der Waals surface area (Å²) in [5.41, 5.74) is 1.27. The Morgan fingerprint density at radius 2 is 1.81 bits per heavy atom. The lowest BCUT2D eigenvalue weighted by Crippen LogP contribution is -2.32. The Balaban J connectivity index is 1.72. The molecule has 0 aliphatic heterocycles. The minimum atomic E-state index is -0.543. The van der Waals surface area contributed by atoms with Gasteiger partial charge in [0, 0.05) is 11.8 Å². The smallest absolute Gasteiger partial charge is 0.308 e. The van der Waals surface area contributed by atoms with Crippen molar-refractivity contribution in [1.29, 1.82) is 0 Å². The number of methoxy groups -OCH3 is 1. The standard InChI is InChI=1S/C24H27N3O5/c1-16(2)32-24(30)14-20(17-8-10-18(31-3)11-9-17)26-23(29)12-13-27-21-7-5-4-6-19(21)22(28)15-25-27/h4-11,15-16,20H,12-14H2,1-3H3,(H,26,29)/t20-/m0/s1. The van der Waals surface area contributed by atoms with E-state index in [9.17, 15) is 14.4 Å². The number of aromatic nitrogens is 2. The van der Waals surface area contributed by atoms with Crippen molar-refractivity contribution in [2.75, 3.05) is 7.11 Å². The van der Waals surface area contributed by atoms with Crippen molar-refractivity contribution in [3.63, 3.8) is 0 Å². The van der Waals surface area contributed by atoms with Gasteiger partial charge in [0.15, 0.2) is 0 Å². The van der Waals surface area contributed by atoms with Gasteiger partial charge in [-0.1, -0.05) is 24.3 Å². The van der Waals surface area contributed by atoms with E-state index in [2.05, 4.69) is 10.4 Å². The van der Waals surface area contributed by atoms with E-state index < -0.39 is 12.0 Å². The van der Waals surface area contributed by atoms with Crippen LogP contribution in [-0.4, -0.2) is 34.9 Å². The van der Waals surface area contributed by atoms with Crippen molar-refractivity contribution < 1.29 is 19.1 Å². The van der Waals surface area contributed by atoms with Crippen molar-refractivity contribution in [3.05, 3.63) is 70.5 Å². The largest absolute Gasteiger partial charge is 0.497 e. The summed E-state index contributed by atoms with van der Waals surface area (Å²) in [4.78, 5) is 37.0. The first-order valence-corrected chi connectivity index (χ1v) is 10.4. The molecule has 0 unspecified atom stereocenters. The second-order valence-corrected chi connectivity index (χ2v) is 7.64. The van der Waals surface area contributed by atoms with E-state index in [0.29, 0.717) is 23.2 Å². The van der Waals surface area contributed by atoms with Crippen molar-refractivity contribution in [2.24, 2.45) is 0 Å². The summed E-state index contributed by atoms with van der Waals surface area (Å²) in [5, 5.41) is 7.62. The molecule has 0 spiro atoms. The molecular formula is C24H27N3O5. The first-order valence-electron chi connectivity index (χ1n) is 10.4. The molecule has 168 valence electrons. The van der Waals surface area contributed by atoms with Gasteiger partial charge in [0.25, 0.3) is 0 Å². The van der Waals surface area contributed by atoms with Gasteiger partial charge in [-0.2, -0.15) is 5.10 Å². The maximum atomic E-state index is 12.7. The molecule has 1 amide bonds. The lowest BCUT2D eigenvalue weighted by Gasteiger charge is -2.20. The lowest BCUT2D eigenvalue weighted by atomic mass is 10.0. The highest BCUT2D eigenvalue weighted by Gasteiger charge is 2.20. The molecule has 0 aliphatic rings. The molecule has 0 bridgehead atoms. The fourth-order valence-corrected chi connectivity index (χ4v) is 3.38. The van der Waals surface area contributed by atoms with Crippen LogP contribution in [0.1, 0.15) is 38.3 Å². The average molecular weight is 437 g/mol. The van der Waals surface area contributed by atoms with E-state index in [4.69, 9.17) is 9.47 Å². The molecule has 1 N–H and O–H groups in total. The van der Waals surface area contributed by atoms with Crippen LogP contribution in [0.5, 0.6) is 5.75 Å². The Kier molecular flexibility index (Phi) is 7.59. The number of nitrogens with one attached hydrogen (secondary N) is 1. The Labute approximate surface area is 186 Å². The number of rotatable bonds is 9. The SMILES string of the molecule is COc1ccc([C@H](CC(=O)OC(C)C)NC(=O)CCn2ncc(=O)c3ccccc32)cc1. The highest BCUT2D eigenvalue weighted by molar-refractivity contribution is 5.80. The third kappa shape index (κ3) is 5.94. The topological polar surface area (TPSA) is 99.5 Å². The molecular weight excluding hydrogens is 410 g/mol. The van der Waals surface area contributed by atoms with Gasteiger partial charge < -0.3 is 14.8 Å². The predicted molar refractivity (Wildman–Crippen MR) is 120 cm³/mol. The summed E-state index contributed by atoms with van der Waals surface area (Å²) in [5.74, 6) is 0.0432. The van der Waals surface area contributed by atoms with Gasteiger partial charge in [-0.15, -0.1) is 0 Å². The van der Waals surface area contributed by atoms with Gasteiger partial charge in [-0.3, -0.25) is 19.1 Å². The van der Waals surface area contributed by atoms with Gasteiger partial charge in [0.2, 0.25) is 11.3 Å². The number of ether oxygens (including phenoxy) is 2. The number of esters is 1. The fraction of sp³-hybridized carbons (Fsp3) is 0.333. The number of para-hydroxylation sites is 1.